The fourth-order valence-corrected chi connectivity index (χ4v) is 5.57. The van der Waals surface area contributed by atoms with Crippen LogP contribution in [0.15, 0.2) is 0 Å². The van der Waals surface area contributed by atoms with Gasteiger partial charge in [0.25, 0.3) is 0 Å². The molecule has 2 aliphatic carbocycles. The molecule has 2 fully saturated rings. The summed E-state index contributed by atoms with van der Waals surface area (Å²) >= 11 is 0. The van der Waals surface area contributed by atoms with Crippen LogP contribution >= 0.6 is 0 Å². The third kappa shape index (κ3) is 0.570. The number of hydrogen-bond acceptors (Lipinski definition) is 1. The van der Waals surface area contributed by atoms with E-state index >= 15 is 0 Å². The molecule has 0 bridgehead atoms. The van der Waals surface area contributed by atoms with E-state index in [9.17, 15) is 4.80 Å². The highest BCUT2D eigenvalue weighted by Gasteiger charge is 2.62. The van der Waals surface area contributed by atoms with Gasteiger partial charge in [-0.05, 0) is 49.7 Å². The van der Waals surface area contributed by atoms with Crippen LogP contribution in [0, 0.1) is 5.92 Å². The second-order valence-electron chi connectivity index (χ2n) is 4.49. The van der Waals surface area contributed by atoms with Gasteiger partial charge in [0.2, 0.25) is 0 Å². The average Bonchev–Trinajstić information content (AvgIpc) is 1.74. The molecule has 0 saturated heterocycles. The topological polar surface area (TPSA) is 20.2 Å². The molecule has 0 aromatic rings. The molecule has 0 spiro atoms. The maximum atomic E-state index is 9.96. The van der Waals surface area contributed by atoms with Gasteiger partial charge in [-0.3, -0.25) is 0 Å². The van der Waals surface area contributed by atoms with Crippen LogP contribution in [0.2, 0.25) is 18.1 Å². The van der Waals surface area contributed by atoms with Crippen LogP contribution in [0.4, 0.5) is 0 Å². The van der Waals surface area contributed by atoms with E-state index in [4.69, 9.17) is 0 Å². The quantitative estimate of drug-likeness (QED) is 0.577. The minimum absolute atomic E-state index is 0.493. The highest BCUT2D eigenvalue weighted by Crippen LogP contribution is 2.70. The average molecular weight is 156 g/mol. The molecule has 2 saturated carbocycles. The lowest BCUT2D eigenvalue weighted by Gasteiger charge is -2.63. The Morgan fingerprint density at radius 2 is 1.80 bits per heavy atom. The van der Waals surface area contributed by atoms with Crippen LogP contribution in [0.3, 0.4) is 0 Å². The smallest absolute Gasteiger partial charge is 0.188 e. The Hall–Kier alpha value is 0.177. The van der Waals surface area contributed by atoms with Gasteiger partial charge in [0.1, 0.15) is 0 Å². The van der Waals surface area contributed by atoms with E-state index < -0.39 is 8.32 Å². The van der Waals surface area contributed by atoms with Gasteiger partial charge < -0.3 is 4.80 Å². The number of hydrogen-bond donors (Lipinski definition) is 1. The summed E-state index contributed by atoms with van der Waals surface area (Å²) in [6.45, 7) is 4.22. The molecule has 0 radical (unpaired) electrons. The third-order valence-electron chi connectivity index (χ3n) is 3.88. The third-order valence-corrected chi connectivity index (χ3v) is 7.22. The zero-order valence-electron chi connectivity index (χ0n) is 6.85. The van der Waals surface area contributed by atoms with Gasteiger partial charge in [0.15, 0.2) is 8.32 Å². The van der Waals surface area contributed by atoms with Gasteiger partial charge in [0.05, 0.1) is 0 Å². The molecule has 0 unspecified atom stereocenters. The van der Waals surface area contributed by atoms with Gasteiger partial charge in [-0.25, -0.2) is 0 Å². The first-order valence-electron chi connectivity index (χ1n) is 4.29. The summed E-state index contributed by atoms with van der Waals surface area (Å²) in [7, 11) is -1.77. The highest BCUT2D eigenvalue weighted by atomic mass is 28.4. The van der Waals surface area contributed by atoms with Crippen molar-refractivity contribution in [2.45, 2.75) is 43.8 Å². The summed E-state index contributed by atoms with van der Waals surface area (Å²) in [6, 6.07) is 0. The molecule has 0 heterocycles. The molecule has 0 aliphatic heterocycles. The minimum atomic E-state index is -1.77. The van der Waals surface area contributed by atoms with Crippen molar-refractivity contribution in [2.24, 2.45) is 5.92 Å². The lowest BCUT2D eigenvalue weighted by atomic mass is 9.58. The molecule has 2 aliphatic rings. The lowest BCUT2D eigenvalue weighted by Crippen LogP contribution is -2.58. The first kappa shape index (κ1) is 6.86. The van der Waals surface area contributed by atoms with Gasteiger partial charge in [0, 0.05) is 0 Å². The highest BCUT2D eigenvalue weighted by molar-refractivity contribution is 6.73. The molecule has 0 atom stereocenters. The molecule has 1 nitrogen and oxygen atoms in total. The van der Waals surface area contributed by atoms with Crippen LogP contribution in [-0.4, -0.2) is 13.1 Å². The fraction of sp³-hybridized carbons (Fsp3) is 1.00. The van der Waals surface area contributed by atoms with Crippen molar-refractivity contribution in [2.75, 3.05) is 0 Å². The van der Waals surface area contributed by atoms with Crippen LogP contribution in [0.1, 0.15) is 25.7 Å². The van der Waals surface area contributed by atoms with E-state index in [2.05, 4.69) is 13.1 Å². The minimum Gasteiger partial charge on any atom is -0.432 e. The molecular weight excluding hydrogens is 140 g/mol. The molecule has 0 aromatic heterocycles. The number of fused-ring (bicyclic) bond motifs is 1. The molecule has 58 valence electrons. The molecule has 0 amide bonds. The van der Waals surface area contributed by atoms with Gasteiger partial charge in [-0.1, -0.05) is 0 Å². The van der Waals surface area contributed by atoms with E-state index in [-0.39, 0.29) is 0 Å². The lowest BCUT2D eigenvalue weighted by molar-refractivity contribution is 0.0514. The van der Waals surface area contributed by atoms with Gasteiger partial charge in [-0.15, -0.1) is 0 Å². The van der Waals surface area contributed by atoms with E-state index in [1.54, 1.807) is 0 Å². The maximum Gasteiger partial charge on any atom is 0.188 e. The summed E-state index contributed by atoms with van der Waals surface area (Å²) < 4.78 is 0. The van der Waals surface area contributed by atoms with E-state index in [1.165, 1.54) is 25.7 Å². The predicted molar refractivity (Wildman–Crippen MR) is 44.4 cm³/mol. The van der Waals surface area contributed by atoms with E-state index in [0.29, 0.717) is 5.04 Å². The second-order valence-corrected chi connectivity index (χ2v) is 8.60. The van der Waals surface area contributed by atoms with E-state index in [1.807, 2.05) is 0 Å². The second kappa shape index (κ2) is 1.67. The fourth-order valence-electron chi connectivity index (χ4n) is 2.77. The summed E-state index contributed by atoms with van der Waals surface area (Å²) in [5, 5.41) is 0.493. The summed E-state index contributed by atoms with van der Waals surface area (Å²) in [5.74, 6) is 0.930. The molecule has 2 rings (SSSR count). The maximum absolute atomic E-state index is 9.96. The van der Waals surface area contributed by atoms with Crippen molar-refractivity contribution in [1.29, 1.82) is 0 Å². The largest absolute Gasteiger partial charge is 0.432 e. The van der Waals surface area contributed by atoms with Crippen molar-refractivity contribution in [3.63, 3.8) is 0 Å². The van der Waals surface area contributed by atoms with Crippen molar-refractivity contribution in [3.05, 3.63) is 0 Å². The van der Waals surface area contributed by atoms with Crippen molar-refractivity contribution < 1.29 is 4.80 Å². The predicted octanol–water partition coefficient (Wildman–Crippen LogP) is 2.13. The Balaban J connectivity index is 2.16. The van der Waals surface area contributed by atoms with Gasteiger partial charge >= 0.3 is 0 Å². The zero-order valence-corrected chi connectivity index (χ0v) is 7.85. The van der Waals surface area contributed by atoms with Crippen molar-refractivity contribution in [1.82, 2.24) is 0 Å². The Morgan fingerprint density at radius 3 is 1.80 bits per heavy atom. The Kier molecular flexibility index (Phi) is 1.14. The van der Waals surface area contributed by atoms with Crippen LogP contribution in [-0.2, 0) is 0 Å². The number of rotatable bonds is 1. The summed E-state index contributed by atoms with van der Waals surface area (Å²) in [4.78, 5) is 9.96. The molecule has 1 N–H and O–H groups in total. The van der Waals surface area contributed by atoms with E-state index in [0.717, 1.165) is 5.92 Å². The normalized spacial score (nSPS) is 45.3. The first-order valence-corrected chi connectivity index (χ1v) is 7.23. The Morgan fingerprint density at radius 1 is 1.30 bits per heavy atom. The monoisotopic (exact) mass is 156 g/mol. The SMILES string of the molecule is C[Si](C)(O)C12CCC1CC2. The summed E-state index contributed by atoms with van der Waals surface area (Å²) in [6.07, 6.45) is 5.45. The summed E-state index contributed by atoms with van der Waals surface area (Å²) in [5.41, 5.74) is 0. The zero-order chi connectivity index (χ0) is 7.41. The Labute approximate surface area is 63.6 Å². The first-order chi connectivity index (χ1) is 4.56. The standard InChI is InChI=1S/C8H16OSi/c1-10(2,9)8-5-3-7(8)4-6-8/h7,9H,3-6H2,1-2H3. The molecule has 10 heavy (non-hydrogen) atoms. The van der Waals surface area contributed by atoms with Crippen molar-refractivity contribution in [3.8, 4) is 0 Å². The molecule has 2 heteroatoms. The van der Waals surface area contributed by atoms with Crippen LogP contribution < -0.4 is 0 Å². The van der Waals surface area contributed by atoms with Gasteiger partial charge in [-0.2, -0.15) is 0 Å². The molecular formula is C8H16OSi. The van der Waals surface area contributed by atoms with Crippen LogP contribution in [0.5, 0.6) is 0 Å². The Bertz CT molecular complexity index is 151. The van der Waals surface area contributed by atoms with Crippen molar-refractivity contribution >= 4 is 8.32 Å². The molecule has 0 aromatic carbocycles. The van der Waals surface area contributed by atoms with Crippen LogP contribution in [0.25, 0.3) is 0 Å².